The molecule has 0 unspecified atom stereocenters. The molecule has 0 fully saturated rings. The summed E-state index contributed by atoms with van der Waals surface area (Å²) in [7, 11) is 0. The van der Waals surface area contributed by atoms with E-state index in [0.29, 0.717) is 0 Å². The van der Waals surface area contributed by atoms with E-state index in [1.54, 1.807) is 0 Å². The number of para-hydroxylation sites is 5. The smallest absolute Gasteiger partial charge is 0.136 e. The van der Waals surface area contributed by atoms with Crippen LogP contribution in [0.1, 0.15) is 0 Å². The topological polar surface area (TPSA) is 21.3 Å². The number of fused-ring (bicyclic) bond motifs is 9. The van der Waals surface area contributed by atoms with Crippen molar-refractivity contribution in [3.05, 3.63) is 243 Å². The van der Waals surface area contributed by atoms with Gasteiger partial charge in [0.05, 0.1) is 22.4 Å². The number of hydrogen-bond donors (Lipinski definition) is 0. The molecule has 13 rings (SSSR count). The molecule has 0 aliphatic carbocycles. The van der Waals surface area contributed by atoms with E-state index < -0.39 is 0 Å². The molecule has 0 aliphatic rings. The number of benzene rings is 11. The van der Waals surface area contributed by atoms with E-state index >= 15 is 0 Å². The average molecular weight is 829 g/mol. The van der Waals surface area contributed by atoms with Crippen molar-refractivity contribution in [1.29, 1.82) is 0 Å². The standard InChI is InChI=1S/C62H40N2O/c1-2-16-47-43(15-1)39-56(51-20-4-3-19-50(47)51)42-31-36-46(37-32-42)63(57-24-10-6-18-49(57)44-33-38-55-54-23-9-14-28-61(54)65-62(55)40-44)45-34-29-41(30-35-45)48-17-5-11-25-58(48)64-59-26-12-7-21-52(59)53-22-8-13-27-60(53)64/h1-40H. The molecule has 304 valence electrons. The second kappa shape index (κ2) is 15.0. The van der Waals surface area contributed by atoms with E-state index in [1.165, 1.54) is 60.0 Å². The van der Waals surface area contributed by atoms with Gasteiger partial charge in [0, 0.05) is 44.0 Å². The number of nitrogens with zero attached hydrogens (tertiary/aromatic N) is 2. The van der Waals surface area contributed by atoms with Gasteiger partial charge in [0.25, 0.3) is 0 Å². The van der Waals surface area contributed by atoms with Crippen molar-refractivity contribution in [3.63, 3.8) is 0 Å². The monoisotopic (exact) mass is 828 g/mol. The van der Waals surface area contributed by atoms with Gasteiger partial charge in [0.15, 0.2) is 0 Å². The van der Waals surface area contributed by atoms with Crippen LogP contribution in [0.3, 0.4) is 0 Å². The third kappa shape index (κ3) is 6.05. The van der Waals surface area contributed by atoms with E-state index in [4.69, 9.17) is 4.42 Å². The van der Waals surface area contributed by atoms with Crippen molar-refractivity contribution >= 4 is 82.4 Å². The molecule has 0 saturated carbocycles. The number of furan rings is 1. The Labute approximate surface area is 376 Å². The first-order chi connectivity index (χ1) is 32.2. The highest BCUT2D eigenvalue weighted by Gasteiger charge is 2.20. The van der Waals surface area contributed by atoms with Gasteiger partial charge in [-0.05, 0) is 117 Å². The van der Waals surface area contributed by atoms with Gasteiger partial charge in [-0.2, -0.15) is 0 Å². The first kappa shape index (κ1) is 36.9. The summed E-state index contributed by atoms with van der Waals surface area (Å²) in [5.74, 6) is 0. The molecule has 0 atom stereocenters. The Morgan fingerprint density at radius 1 is 0.308 bits per heavy atom. The minimum atomic E-state index is 0.878. The molecule has 0 aliphatic heterocycles. The van der Waals surface area contributed by atoms with Crippen LogP contribution in [0.15, 0.2) is 247 Å². The fraction of sp³-hybridized carbons (Fsp3) is 0. The molecular formula is C62H40N2O. The normalized spacial score (nSPS) is 11.7. The van der Waals surface area contributed by atoms with Gasteiger partial charge in [0.1, 0.15) is 11.2 Å². The first-order valence-corrected chi connectivity index (χ1v) is 22.2. The summed E-state index contributed by atoms with van der Waals surface area (Å²) in [5, 5.41) is 9.77. The molecule has 0 amide bonds. The summed E-state index contributed by atoms with van der Waals surface area (Å²) >= 11 is 0. The van der Waals surface area contributed by atoms with Gasteiger partial charge in [0.2, 0.25) is 0 Å². The number of aromatic nitrogens is 1. The largest absolute Gasteiger partial charge is 0.456 e. The predicted octanol–water partition coefficient (Wildman–Crippen LogP) is 17.5. The van der Waals surface area contributed by atoms with Crippen LogP contribution >= 0.6 is 0 Å². The van der Waals surface area contributed by atoms with Gasteiger partial charge >= 0.3 is 0 Å². The van der Waals surface area contributed by atoms with Gasteiger partial charge in [-0.25, -0.2) is 0 Å². The third-order valence-electron chi connectivity index (χ3n) is 13.2. The lowest BCUT2D eigenvalue weighted by molar-refractivity contribution is 0.669. The molecule has 2 aromatic heterocycles. The van der Waals surface area contributed by atoms with Crippen LogP contribution in [0.25, 0.3) is 104 Å². The third-order valence-corrected chi connectivity index (χ3v) is 13.2. The SMILES string of the molecule is c1ccc(N(c2ccc(-c3ccccc3-n3c4ccccc4c4ccccc43)cc2)c2ccc(-c3cc4ccccc4c4ccccc34)cc2)c(-c2ccc3c(c2)oc2ccccc23)c1. The van der Waals surface area contributed by atoms with Crippen LogP contribution in [0.5, 0.6) is 0 Å². The van der Waals surface area contributed by atoms with Crippen molar-refractivity contribution in [2.75, 3.05) is 4.90 Å². The van der Waals surface area contributed by atoms with Crippen LogP contribution in [-0.2, 0) is 0 Å². The van der Waals surface area contributed by atoms with Gasteiger partial charge in [-0.3, -0.25) is 0 Å². The van der Waals surface area contributed by atoms with Crippen molar-refractivity contribution in [2.45, 2.75) is 0 Å². The maximum Gasteiger partial charge on any atom is 0.136 e. The fourth-order valence-electron chi connectivity index (χ4n) is 10.2. The van der Waals surface area contributed by atoms with Crippen molar-refractivity contribution < 1.29 is 4.42 Å². The first-order valence-electron chi connectivity index (χ1n) is 22.2. The lowest BCUT2D eigenvalue weighted by Gasteiger charge is -2.28. The molecule has 0 bridgehead atoms. The Morgan fingerprint density at radius 2 is 0.815 bits per heavy atom. The summed E-state index contributed by atoms with van der Waals surface area (Å²) < 4.78 is 8.83. The summed E-state index contributed by atoms with van der Waals surface area (Å²) in [5.41, 5.74) is 15.4. The minimum absolute atomic E-state index is 0.878. The Hall–Kier alpha value is -8.66. The highest BCUT2D eigenvalue weighted by atomic mass is 16.3. The van der Waals surface area contributed by atoms with Gasteiger partial charge in [-0.1, -0.05) is 170 Å². The molecule has 3 heteroatoms. The molecular weight excluding hydrogens is 789 g/mol. The second-order valence-electron chi connectivity index (χ2n) is 16.8. The van der Waals surface area contributed by atoms with Crippen LogP contribution in [0.2, 0.25) is 0 Å². The van der Waals surface area contributed by atoms with Crippen LogP contribution < -0.4 is 4.90 Å². The van der Waals surface area contributed by atoms with Crippen molar-refractivity contribution in [2.24, 2.45) is 0 Å². The van der Waals surface area contributed by atoms with E-state index in [1.807, 2.05) is 12.1 Å². The number of anilines is 3. The summed E-state index contributed by atoms with van der Waals surface area (Å²) in [6.07, 6.45) is 0. The molecule has 0 saturated heterocycles. The highest BCUT2D eigenvalue weighted by molar-refractivity contribution is 6.14. The maximum absolute atomic E-state index is 6.42. The lowest BCUT2D eigenvalue weighted by atomic mass is 9.93. The van der Waals surface area contributed by atoms with E-state index in [2.05, 4.69) is 240 Å². The quantitative estimate of drug-likeness (QED) is 0.149. The molecule has 0 N–H and O–H groups in total. The van der Waals surface area contributed by atoms with E-state index in [9.17, 15) is 0 Å². The molecule has 2 heterocycles. The van der Waals surface area contributed by atoms with Crippen LogP contribution in [0, 0.1) is 0 Å². The second-order valence-corrected chi connectivity index (χ2v) is 16.8. The molecule has 0 radical (unpaired) electrons. The molecule has 11 aromatic carbocycles. The van der Waals surface area contributed by atoms with E-state index in [0.717, 1.165) is 61.4 Å². The molecule has 13 aromatic rings. The fourth-order valence-corrected chi connectivity index (χ4v) is 10.2. The highest BCUT2D eigenvalue weighted by Crippen LogP contribution is 2.45. The molecule has 3 nitrogen and oxygen atoms in total. The minimum Gasteiger partial charge on any atom is -0.456 e. The van der Waals surface area contributed by atoms with Crippen molar-refractivity contribution in [1.82, 2.24) is 4.57 Å². The summed E-state index contributed by atoms with van der Waals surface area (Å²) in [4.78, 5) is 2.39. The molecule has 0 spiro atoms. The van der Waals surface area contributed by atoms with Gasteiger partial charge < -0.3 is 13.9 Å². The Morgan fingerprint density at radius 3 is 1.54 bits per heavy atom. The Balaban J connectivity index is 0.960. The van der Waals surface area contributed by atoms with Gasteiger partial charge in [-0.15, -0.1) is 0 Å². The van der Waals surface area contributed by atoms with E-state index in [-0.39, 0.29) is 0 Å². The predicted molar refractivity (Wildman–Crippen MR) is 274 cm³/mol. The summed E-state index contributed by atoms with van der Waals surface area (Å²) in [6, 6.07) is 87.7. The maximum atomic E-state index is 6.42. The Bertz CT molecular complexity index is 3900. The number of rotatable bonds is 7. The van der Waals surface area contributed by atoms with Crippen LogP contribution in [-0.4, -0.2) is 4.57 Å². The zero-order valence-corrected chi connectivity index (χ0v) is 35.4. The Kier molecular flexibility index (Phi) is 8.53. The zero-order chi connectivity index (χ0) is 42.8. The van der Waals surface area contributed by atoms with Crippen LogP contribution in [0.4, 0.5) is 17.1 Å². The summed E-state index contributed by atoms with van der Waals surface area (Å²) in [6.45, 7) is 0. The lowest BCUT2D eigenvalue weighted by Crippen LogP contribution is -2.11. The molecule has 65 heavy (non-hydrogen) atoms. The number of hydrogen-bond acceptors (Lipinski definition) is 2. The average Bonchev–Trinajstić information content (AvgIpc) is 3.92. The zero-order valence-electron chi connectivity index (χ0n) is 35.4. The van der Waals surface area contributed by atoms with Crippen molar-refractivity contribution in [3.8, 4) is 39.1 Å².